The van der Waals surface area contributed by atoms with Crippen LogP contribution in [0.5, 0.6) is 5.75 Å². The number of carbonyl (C=O) groups is 1. The molecular formula is C24H17B3ClN3O4S. The number of nitrogens with zero attached hydrogens (tertiary/aromatic N) is 3. The van der Waals surface area contributed by atoms with Gasteiger partial charge in [0.05, 0.1) is 34.3 Å². The molecule has 1 fully saturated rings. The van der Waals surface area contributed by atoms with Crippen LogP contribution in [0.1, 0.15) is 27.2 Å². The summed E-state index contributed by atoms with van der Waals surface area (Å²) in [7, 11) is 20.8. The maximum atomic E-state index is 13.5. The predicted octanol–water partition coefficient (Wildman–Crippen LogP) is 1.58. The lowest BCUT2D eigenvalue weighted by molar-refractivity contribution is -0.0216. The molecule has 3 aliphatic heterocycles. The summed E-state index contributed by atoms with van der Waals surface area (Å²) in [5.74, 6) is -1.16. The molecule has 1 saturated heterocycles. The van der Waals surface area contributed by atoms with Crippen LogP contribution in [0.4, 0.5) is 0 Å². The first kappa shape index (κ1) is 23.6. The Kier molecular flexibility index (Phi) is 5.34. The summed E-state index contributed by atoms with van der Waals surface area (Å²) in [5, 5.41) is 12.8. The third-order valence-electron chi connectivity index (χ3n) is 6.89. The third-order valence-corrected chi connectivity index (χ3v) is 8.34. The van der Waals surface area contributed by atoms with Crippen molar-refractivity contribution < 1.29 is 14.6 Å². The molecule has 4 heterocycles. The Hall–Kier alpha value is -2.75. The topological polar surface area (TPSA) is 75.0 Å². The molecule has 0 unspecified atom stereocenters. The summed E-state index contributed by atoms with van der Waals surface area (Å²) < 4.78 is 5.82. The lowest BCUT2D eigenvalue weighted by Crippen LogP contribution is -2.71. The van der Waals surface area contributed by atoms with Crippen LogP contribution in [-0.2, 0) is 14.7 Å². The molecule has 2 aromatic carbocycles. The van der Waals surface area contributed by atoms with Crippen molar-refractivity contribution in [2.24, 2.45) is 0 Å². The molecule has 3 aliphatic rings. The molecule has 174 valence electrons. The van der Waals surface area contributed by atoms with E-state index in [1.807, 2.05) is 24.3 Å². The molecule has 1 amide bonds. The summed E-state index contributed by atoms with van der Waals surface area (Å²) in [6.45, 7) is 0.661. The highest BCUT2D eigenvalue weighted by Gasteiger charge is 2.52. The predicted molar refractivity (Wildman–Crippen MR) is 140 cm³/mol. The van der Waals surface area contributed by atoms with Crippen molar-refractivity contribution in [3.63, 3.8) is 0 Å². The van der Waals surface area contributed by atoms with Gasteiger partial charge in [0.1, 0.15) is 14.0 Å². The maximum absolute atomic E-state index is 13.5. The van der Waals surface area contributed by atoms with Crippen LogP contribution >= 0.6 is 23.4 Å². The van der Waals surface area contributed by atoms with Gasteiger partial charge in [0, 0.05) is 28.7 Å². The Morgan fingerprint density at radius 3 is 2.61 bits per heavy atom. The van der Waals surface area contributed by atoms with Gasteiger partial charge in [0.2, 0.25) is 5.43 Å². The zero-order valence-electron chi connectivity index (χ0n) is 18.9. The lowest BCUT2D eigenvalue weighted by atomic mass is 9.58. The fourth-order valence-corrected chi connectivity index (χ4v) is 6.77. The van der Waals surface area contributed by atoms with E-state index in [0.717, 1.165) is 0 Å². The molecular weight excluding hydrogens is 494 g/mol. The van der Waals surface area contributed by atoms with Crippen molar-refractivity contribution in [1.82, 2.24) is 9.58 Å². The first-order valence-corrected chi connectivity index (χ1v) is 12.4. The van der Waals surface area contributed by atoms with Crippen LogP contribution in [0.25, 0.3) is 0 Å². The summed E-state index contributed by atoms with van der Waals surface area (Å²) in [5.41, 5.74) is -0.848. The number of hydrogen-bond acceptors (Lipinski definition) is 6. The largest absolute Gasteiger partial charge is 0.502 e. The van der Waals surface area contributed by atoms with E-state index in [-0.39, 0.29) is 18.8 Å². The number of hydrogen-bond donors (Lipinski definition) is 1. The Labute approximate surface area is 220 Å². The molecule has 0 saturated carbocycles. The van der Waals surface area contributed by atoms with E-state index in [2.05, 4.69) is 0 Å². The van der Waals surface area contributed by atoms with Gasteiger partial charge < -0.3 is 14.7 Å². The van der Waals surface area contributed by atoms with E-state index >= 15 is 0 Å². The average Bonchev–Trinajstić information content (AvgIpc) is 2.93. The quantitative estimate of drug-likeness (QED) is 0.501. The summed E-state index contributed by atoms with van der Waals surface area (Å²) >= 11 is 8.09. The number of ether oxygens (including phenoxy) is 1. The number of halogens is 1. The van der Waals surface area contributed by atoms with Gasteiger partial charge in [-0.15, -0.1) is 11.8 Å². The highest BCUT2D eigenvalue weighted by Crippen LogP contribution is 2.53. The van der Waals surface area contributed by atoms with E-state index in [4.69, 9.17) is 39.9 Å². The van der Waals surface area contributed by atoms with Crippen molar-refractivity contribution in [3.05, 3.63) is 92.4 Å². The molecule has 36 heavy (non-hydrogen) atoms. The van der Waals surface area contributed by atoms with Gasteiger partial charge >= 0.3 is 0 Å². The van der Waals surface area contributed by atoms with Crippen molar-refractivity contribution >= 4 is 52.8 Å². The minimum Gasteiger partial charge on any atom is -0.502 e. The number of pyridine rings is 1. The fraction of sp³-hybridized carbons (Fsp3) is 0.250. The second-order valence-electron chi connectivity index (χ2n) is 8.94. The van der Waals surface area contributed by atoms with Gasteiger partial charge in [-0.1, -0.05) is 41.9 Å². The number of morpholine rings is 1. The zero-order valence-corrected chi connectivity index (χ0v) is 20.5. The smallest absolute Gasteiger partial charge is 0.278 e. The Morgan fingerprint density at radius 1 is 1.06 bits per heavy atom. The molecule has 0 bridgehead atoms. The van der Waals surface area contributed by atoms with Crippen LogP contribution in [0.2, 0.25) is 5.02 Å². The molecule has 6 radical (unpaired) electrons. The molecule has 0 aliphatic carbocycles. The van der Waals surface area contributed by atoms with Gasteiger partial charge in [-0.2, -0.15) is 0 Å². The molecule has 1 aromatic heterocycles. The Morgan fingerprint density at radius 2 is 1.81 bits per heavy atom. The van der Waals surface area contributed by atoms with E-state index < -0.39 is 33.2 Å². The molecule has 6 rings (SSSR count). The van der Waals surface area contributed by atoms with Gasteiger partial charge in [0.25, 0.3) is 5.91 Å². The van der Waals surface area contributed by atoms with E-state index in [1.165, 1.54) is 28.7 Å². The van der Waals surface area contributed by atoms with Crippen molar-refractivity contribution in [2.75, 3.05) is 24.8 Å². The first-order valence-electron chi connectivity index (χ1n) is 11.2. The van der Waals surface area contributed by atoms with E-state index in [0.29, 0.717) is 33.2 Å². The molecule has 0 spiro atoms. The first-order chi connectivity index (χ1) is 17.2. The molecule has 1 N–H and O–H groups in total. The molecule has 7 nitrogen and oxygen atoms in total. The second kappa shape index (κ2) is 8.13. The number of carbonyl (C=O) groups excluding carboxylic acids is 1. The number of amides is 1. The lowest BCUT2D eigenvalue weighted by Gasteiger charge is -2.56. The summed E-state index contributed by atoms with van der Waals surface area (Å²) in [6.07, 6.45) is 0.724. The van der Waals surface area contributed by atoms with E-state index in [1.54, 1.807) is 28.1 Å². The van der Waals surface area contributed by atoms with Crippen LogP contribution in [-0.4, -0.2) is 70.1 Å². The standard InChI is InChI=1S/C24H17B3ClN3O4S/c25-23(13-4-1-2-7-17(13)36-24(26,27)14-5-3-6-15(28)19(14)23)31-18-12-35-11-10-29(18)22(34)20-21(33)16(32)8-9-30(20)31/h1-9,18,33H,10-12H2/t18-,23+/m1/s1. The number of aromatic hydroxyl groups is 1. The summed E-state index contributed by atoms with van der Waals surface area (Å²) in [4.78, 5) is 28.1. The number of fused-ring (bicyclic) bond motifs is 4. The van der Waals surface area contributed by atoms with E-state index in [9.17, 15) is 14.7 Å². The van der Waals surface area contributed by atoms with Crippen molar-refractivity contribution in [3.8, 4) is 5.75 Å². The average molecular weight is 511 g/mol. The minimum atomic E-state index is -1.56. The third kappa shape index (κ3) is 3.15. The SMILES string of the molecule is [B]C1([B])Sc2ccccc2[C@]([B])(N2[C@@H]3COCCN3C(=O)c3c(O)c(=O)ccn32)c2c(Cl)cccc21. The van der Waals surface area contributed by atoms with Crippen LogP contribution in [0.3, 0.4) is 0 Å². The van der Waals surface area contributed by atoms with Crippen LogP contribution in [0.15, 0.2) is 64.4 Å². The number of aromatic nitrogens is 1. The van der Waals surface area contributed by atoms with Gasteiger partial charge in [-0.3, -0.25) is 19.3 Å². The summed E-state index contributed by atoms with van der Waals surface area (Å²) in [6, 6.07) is 13.8. The minimum absolute atomic E-state index is 0.127. The Balaban J connectivity index is 1.76. The number of benzene rings is 2. The fourth-order valence-electron chi connectivity index (χ4n) is 5.33. The Bertz CT molecular complexity index is 1490. The molecule has 12 heteroatoms. The highest BCUT2D eigenvalue weighted by molar-refractivity contribution is 8.02. The van der Waals surface area contributed by atoms with Crippen molar-refractivity contribution in [2.45, 2.75) is 21.0 Å². The monoisotopic (exact) mass is 511 g/mol. The number of thioether (sulfide) groups is 1. The maximum Gasteiger partial charge on any atom is 0.278 e. The van der Waals surface area contributed by atoms with Crippen molar-refractivity contribution in [1.29, 1.82) is 0 Å². The van der Waals surface area contributed by atoms with Crippen LogP contribution < -0.4 is 10.4 Å². The normalized spacial score (nSPS) is 24.2. The van der Waals surface area contributed by atoms with Gasteiger partial charge in [-0.25, -0.2) is 0 Å². The number of rotatable bonds is 1. The zero-order chi connectivity index (χ0) is 25.4. The molecule has 3 aromatic rings. The van der Waals surface area contributed by atoms with Gasteiger partial charge in [0.15, 0.2) is 11.4 Å². The van der Waals surface area contributed by atoms with Gasteiger partial charge in [-0.05, 0) is 33.4 Å². The second-order valence-corrected chi connectivity index (χ2v) is 10.7. The highest BCUT2D eigenvalue weighted by atomic mass is 35.5. The van der Waals surface area contributed by atoms with Crippen LogP contribution in [0, 0.1) is 0 Å². The molecule has 2 atom stereocenters.